The van der Waals surface area contributed by atoms with Gasteiger partial charge in [0.15, 0.2) is 6.61 Å². The minimum Gasteiger partial charge on any atom is -0.482 e. The lowest BCUT2D eigenvalue weighted by Gasteiger charge is -2.23. The van der Waals surface area contributed by atoms with Crippen LogP contribution in [0.5, 0.6) is 0 Å². The van der Waals surface area contributed by atoms with E-state index in [0.29, 0.717) is 24.6 Å². The average Bonchev–Trinajstić information content (AvgIpc) is 2.53. The number of carbonyl (C=O) groups is 2. The monoisotopic (exact) mass is 309 g/mol. The lowest BCUT2D eigenvalue weighted by atomic mass is 9.99. The second-order valence-electron chi connectivity index (χ2n) is 5.56. The van der Waals surface area contributed by atoms with Crippen molar-refractivity contribution >= 4 is 11.9 Å². The zero-order chi connectivity index (χ0) is 16.4. The normalized spacial score (nSPS) is 16.9. The van der Waals surface area contributed by atoms with Crippen molar-refractivity contribution in [2.45, 2.75) is 39.0 Å². The molecule has 0 saturated heterocycles. The Labute approximate surface area is 133 Å². The number of carbonyl (C=O) groups excluding carboxylic acids is 2. The van der Waals surface area contributed by atoms with Crippen LogP contribution in [0.3, 0.4) is 0 Å². The first-order valence-electron chi connectivity index (χ1n) is 7.88. The molecule has 0 heterocycles. The molecule has 0 bridgehead atoms. The van der Waals surface area contributed by atoms with Gasteiger partial charge in [-0.25, -0.2) is 4.79 Å². The molecule has 0 aromatic heterocycles. The third-order valence-corrected chi connectivity index (χ3v) is 3.67. The molecule has 0 saturated carbocycles. The van der Waals surface area contributed by atoms with Gasteiger partial charge in [-0.1, -0.05) is 25.8 Å². The number of rotatable bonds is 9. The molecule has 1 aliphatic carbocycles. The van der Waals surface area contributed by atoms with E-state index in [2.05, 4.69) is 11.7 Å². The topological polar surface area (TPSA) is 55.8 Å². The number of ether oxygens (including phenoxy) is 2. The van der Waals surface area contributed by atoms with Gasteiger partial charge in [0, 0.05) is 20.0 Å². The van der Waals surface area contributed by atoms with Crippen molar-refractivity contribution in [1.82, 2.24) is 4.90 Å². The Hall–Kier alpha value is -1.78. The Morgan fingerprint density at radius 2 is 2.14 bits per heavy atom. The Morgan fingerprint density at radius 1 is 1.36 bits per heavy atom. The van der Waals surface area contributed by atoms with Crippen molar-refractivity contribution in [3.8, 4) is 0 Å². The highest BCUT2D eigenvalue weighted by atomic mass is 16.6. The number of amides is 1. The van der Waals surface area contributed by atoms with Crippen LogP contribution in [-0.4, -0.2) is 44.1 Å². The maximum Gasteiger partial charge on any atom is 0.343 e. The largest absolute Gasteiger partial charge is 0.482 e. The van der Waals surface area contributed by atoms with Gasteiger partial charge in [0.2, 0.25) is 5.91 Å². The first-order valence-corrected chi connectivity index (χ1v) is 7.88. The van der Waals surface area contributed by atoms with Crippen LogP contribution in [0.1, 0.15) is 39.0 Å². The van der Waals surface area contributed by atoms with Gasteiger partial charge in [-0.05, 0) is 30.9 Å². The quantitative estimate of drug-likeness (QED) is 0.485. The SMILES string of the molecule is CCCCCC(=O)N(C)CC1C=CC(OCC(=O)OC)=CC1. The van der Waals surface area contributed by atoms with Crippen LogP contribution in [0, 0.1) is 5.92 Å². The Balaban J connectivity index is 2.29. The van der Waals surface area contributed by atoms with Crippen LogP contribution in [0.4, 0.5) is 0 Å². The molecule has 1 atom stereocenters. The molecule has 22 heavy (non-hydrogen) atoms. The highest BCUT2D eigenvalue weighted by Crippen LogP contribution is 2.18. The van der Waals surface area contributed by atoms with Crippen LogP contribution < -0.4 is 0 Å². The van der Waals surface area contributed by atoms with Crippen molar-refractivity contribution < 1.29 is 19.1 Å². The Morgan fingerprint density at radius 3 is 2.73 bits per heavy atom. The van der Waals surface area contributed by atoms with E-state index in [1.807, 2.05) is 25.3 Å². The number of esters is 1. The van der Waals surface area contributed by atoms with E-state index in [1.165, 1.54) is 7.11 Å². The predicted molar refractivity (Wildman–Crippen MR) is 85.1 cm³/mol. The van der Waals surface area contributed by atoms with Crippen LogP contribution in [0.25, 0.3) is 0 Å². The second kappa shape index (κ2) is 10.0. The molecule has 1 aliphatic rings. The van der Waals surface area contributed by atoms with Crippen LogP contribution in [0.2, 0.25) is 0 Å². The van der Waals surface area contributed by atoms with Gasteiger partial charge in [0.1, 0.15) is 5.76 Å². The van der Waals surface area contributed by atoms with E-state index in [1.54, 1.807) is 4.90 Å². The molecule has 124 valence electrons. The summed E-state index contributed by atoms with van der Waals surface area (Å²) < 4.78 is 9.84. The molecule has 1 unspecified atom stereocenters. The minimum absolute atomic E-state index is 0.0762. The second-order valence-corrected chi connectivity index (χ2v) is 5.56. The fraction of sp³-hybridized carbons (Fsp3) is 0.647. The average molecular weight is 309 g/mol. The lowest BCUT2D eigenvalue weighted by Crippen LogP contribution is -2.31. The highest BCUT2D eigenvalue weighted by molar-refractivity contribution is 5.75. The summed E-state index contributed by atoms with van der Waals surface area (Å²) in [5, 5.41) is 0. The summed E-state index contributed by atoms with van der Waals surface area (Å²) in [5.41, 5.74) is 0. The first-order chi connectivity index (χ1) is 10.6. The number of unbranched alkanes of at least 4 members (excludes halogenated alkanes) is 2. The summed E-state index contributed by atoms with van der Waals surface area (Å²) >= 11 is 0. The summed E-state index contributed by atoms with van der Waals surface area (Å²) in [6.45, 7) is 2.77. The molecule has 0 radical (unpaired) electrons. The number of hydrogen-bond acceptors (Lipinski definition) is 4. The zero-order valence-electron chi connectivity index (χ0n) is 13.8. The molecule has 0 aromatic carbocycles. The highest BCUT2D eigenvalue weighted by Gasteiger charge is 2.16. The van der Waals surface area contributed by atoms with E-state index in [4.69, 9.17) is 4.74 Å². The van der Waals surface area contributed by atoms with E-state index in [0.717, 1.165) is 25.7 Å². The zero-order valence-corrected chi connectivity index (χ0v) is 13.8. The van der Waals surface area contributed by atoms with Gasteiger partial charge in [-0.2, -0.15) is 0 Å². The van der Waals surface area contributed by atoms with Crippen molar-refractivity contribution in [2.75, 3.05) is 27.3 Å². The number of nitrogens with zero attached hydrogens (tertiary/aromatic N) is 1. The van der Waals surface area contributed by atoms with Crippen LogP contribution in [-0.2, 0) is 19.1 Å². The molecule has 5 nitrogen and oxygen atoms in total. The smallest absolute Gasteiger partial charge is 0.343 e. The Kier molecular flexibility index (Phi) is 8.33. The lowest BCUT2D eigenvalue weighted by molar-refractivity contribution is -0.144. The van der Waals surface area contributed by atoms with Crippen molar-refractivity contribution in [2.24, 2.45) is 5.92 Å². The molecule has 1 rings (SSSR count). The van der Waals surface area contributed by atoms with Crippen molar-refractivity contribution in [1.29, 1.82) is 0 Å². The number of allylic oxidation sites excluding steroid dienone is 2. The molecule has 0 spiro atoms. The van der Waals surface area contributed by atoms with Crippen LogP contribution in [0.15, 0.2) is 24.0 Å². The standard InChI is InChI=1S/C17H27NO4/c1-4-5-6-7-16(19)18(2)12-14-8-10-15(11-9-14)22-13-17(20)21-3/h8,10-11,14H,4-7,9,12-13H2,1-3H3. The molecule has 0 fully saturated rings. The predicted octanol–water partition coefficient (Wildman–Crippen LogP) is 2.67. The number of hydrogen-bond donors (Lipinski definition) is 0. The number of methoxy groups -OCH3 is 1. The molecule has 0 aliphatic heterocycles. The summed E-state index contributed by atoms with van der Waals surface area (Å²) in [7, 11) is 3.19. The third-order valence-electron chi connectivity index (χ3n) is 3.67. The van der Waals surface area contributed by atoms with Crippen molar-refractivity contribution in [3.05, 3.63) is 24.0 Å². The molecule has 0 N–H and O–H groups in total. The third kappa shape index (κ3) is 6.78. The van der Waals surface area contributed by atoms with Crippen LogP contribution >= 0.6 is 0 Å². The maximum atomic E-state index is 12.0. The summed E-state index contributed by atoms with van der Waals surface area (Å²) in [6.07, 6.45) is 10.5. The van der Waals surface area contributed by atoms with Gasteiger partial charge >= 0.3 is 5.97 Å². The maximum absolute atomic E-state index is 12.0. The fourth-order valence-electron chi connectivity index (χ4n) is 2.26. The molecular weight excluding hydrogens is 282 g/mol. The molecule has 5 heteroatoms. The molecule has 1 amide bonds. The minimum atomic E-state index is -0.395. The van der Waals surface area contributed by atoms with E-state index >= 15 is 0 Å². The molecular formula is C17H27NO4. The van der Waals surface area contributed by atoms with Gasteiger partial charge < -0.3 is 14.4 Å². The fourth-order valence-corrected chi connectivity index (χ4v) is 2.26. The van der Waals surface area contributed by atoms with Gasteiger partial charge in [-0.15, -0.1) is 0 Å². The van der Waals surface area contributed by atoms with Gasteiger partial charge in [-0.3, -0.25) is 4.79 Å². The summed E-state index contributed by atoms with van der Waals surface area (Å²) in [6, 6.07) is 0. The van der Waals surface area contributed by atoms with E-state index < -0.39 is 5.97 Å². The van der Waals surface area contributed by atoms with Gasteiger partial charge in [0.25, 0.3) is 0 Å². The van der Waals surface area contributed by atoms with Gasteiger partial charge in [0.05, 0.1) is 7.11 Å². The van der Waals surface area contributed by atoms with Crippen molar-refractivity contribution in [3.63, 3.8) is 0 Å². The Bertz CT molecular complexity index is 428. The molecule has 0 aromatic rings. The summed E-state index contributed by atoms with van der Waals surface area (Å²) in [5.74, 6) is 0.788. The first kappa shape index (κ1) is 18.3. The summed E-state index contributed by atoms with van der Waals surface area (Å²) in [4.78, 5) is 24.8. The van der Waals surface area contributed by atoms with E-state index in [9.17, 15) is 9.59 Å². The van der Waals surface area contributed by atoms with E-state index in [-0.39, 0.29) is 12.5 Å².